The van der Waals surface area contributed by atoms with Gasteiger partial charge >= 0.3 is 0 Å². The maximum atomic E-state index is 12.3. The number of phenolic OH excluding ortho intramolecular Hbond substituents is 1. The molecular formula is C12H17NO4S. The maximum absolute atomic E-state index is 12.3. The Morgan fingerprint density at radius 3 is 2.83 bits per heavy atom. The smallest absolute Gasteiger partial charge is 0.243 e. The monoisotopic (exact) mass is 271 g/mol. The van der Waals surface area contributed by atoms with E-state index in [1.54, 1.807) is 0 Å². The average molecular weight is 271 g/mol. The lowest BCUT2D eigenvalue weighted by molar-refractivity contribution is 0.259. The molecule has 1 aromatic carbocycles. The fourth-order valence-electron chi connectivity index (χ4n) is 2.23. The highest BCUT2D eigenvalue weighted by Crippen LogP contribution is 2.27. The summed E-state index contributed by atoms with van der Waals surface area (Å²) in [5, 5.41) is 18.2. The predicted octanol–water partition coefficient (Wildman–Crippen LogP) is 0.785. The topological polar surface area (TPSA) is 77.8 Å². The number of rotatable bonds is 4. The molecule has 18 heavy (non-hydrogen) atoms. The van der Waals surface area contributed by atoms with Crippen LogP contribution in [0.25, 0.3) is 0 Å². The van der Waals surface area contributed by atoms with Gasteiger partial charge in [0, 0.05) is 19.7 Å². The van der Waals surface area contributed by atoms with Crippen molar-refractivity contribution in [1.82, 2.24) is 4.31 Å². The average Bonchev–Trinajstić information content (AvgIpc) is 2.79. The molecule has 1 fully saturated rings. The van der Waals surface area contributed by atoms with E-state index in [4.69, 9.17) is 5.11 Å². The predicted molar refractivity (Wildman–Crippen MR) is 66.7 cm³/mol. The van der Waals surface area contributed by atoms with Crippen LogP contribution in [0, 0.1) is 5.92 Å². The van der Waals surface area contributed by atoms with Crippen LogP contribution in [-0.4, -0.2) is 42.6 Å². The third kappa shape index (κ3) is 2.66. The summed E-state index contributed by atoms with van der Waals surface area (Å²) in [6.45, 7) is 1.01. The van der Waals surface area contributed by atoms with Gasteiger partial charge in [-0.25, -0.2) is 8.42 Å². The second-order valence-corrected chi connectivity index (χ2v) is 6.47. The van der Waals surface area contributed by atoms with E-state index < -0.39 is 10.0 Å². The van der Waals surface area contributed by atoms with Crippen LogP contribution in [0.15, 0.2) is 29.2 Å². The molecule has 1 saturated heterocycles. The molecule has 0 bridgehead atoms. The maximum Gasteiger partial charge on any atom is 0.243 e. The van der Waals surface area contributed by atoms with E-state index in [9.17, 15) is 13.5 Å². The minimum absolute atomic E-state index is 0.0535. The molecule has 5 nitrogen and oxygen atoms in total. The number of aliphatic hydroxyl groups excluding tert-OH is 1. The highest BCUT2D eigenvalue weighted by Gasteiger charge is 2.32. The zero-order chi connectivity index (χ0) is 13.2. The number of hydrogen-bond acceptors (Lipinski definition) is 4. The van der Waals surface area contributed by atoms with Gasteiger partial charge in [-0.15, -0.1) is 0 Å². The van der Waals surface area contributed by atoms with Gasteiger partial charge in [0.25, 0.3) is 0 Å². The summed E-state index contributed by atoms with van der Waals surface area (Å²) in [6.07, 6.45) is 1.41. The molecule has 1 aliphatic rings. The summed E-state index contributed by atoms with van der Waals surface area (Å²) in [7, 11) is -3.52. The Hall–Kier alpha value is -1.11. The molecule has 0 amide bonds. The molecule has 1 heterocycles. The minimum atomic E-state index is -3.52. The largest absolute Gasteiger partial charge is 0.508 e. The molecule has 1 atom stereocenters. The van der Waals surface area contributed by atoms with Crippen LogP contribution in [0.1, 0.15) is 12.8 Å². The van der Waals surface area contributed by atoms with Crippen LogP contribution in [-0.2, 0) is 10.0 Å². The van der Waals surface area contributed by atoms with Gasteiger partial charge in [-0.3, -0.25) is 0 Å². The van der Waals surface area contributed by atoms with Gasteiger partial charge in [0.15, 0.2) is 0 Å². The van der Waals surface area contributed by atoms with Crippen molar-refractivity contribution in [2.24, 2.45) is 5.92 Å². The van der Waals surface area contributed by atoms with Crippen LogP contribution in [0.5, 0.6) is 5.75 Å². The number of hydrogen-bond donors (Lipinski definition) is 2. The van der Waals surface area contributed by atoms with Crippen LogP contribution in [0.2, 0.25) is 0 Å². The second-order valence-electron chi connectivity index (χ2n) is 4.53. The summed E-state index contributed by atoms with van der Waals surface area (Å²) in [5.74, 6) is 0.171. The van der Waals surface area contributed by atoms with Crippen molar-refractivity contribution in [2.45, 2.75) is 17.7 Å². The molecule has 0 saturated carbocycles. The zero-order valence-electron chi connectivity index (χ0n) is 9.99. The molecule has 0 spiro atoms. The number of aliphatic hydroxyl groups is 1. The van der Waals surface area contributed by atoms with Crippen LogP contribution in [0.4, 0.5) is 0 Å². The van der Waals surface area contributed by atoms with Crippen molar-refractivity contribution >= 4 is 10.0 Å². The molecule has 1 aliphatic heterocycles. The number of aromatic hydroxyl groups is 1. The summed E-state index contributed by atoms with van der Waals surface area (Å²) in [6, 6.07) is 5.70. The quantitative estimate of drug-likeness (QED) is 0.848. The van der Waals surface area contributed by atoms with Crippen molar-refractivity contribution in [2.75, 3.05) is 19.7 Å². The highest BCUT2D eigenvalue weighted by molar-refractivity contribution is 7.89. The number of phenols is 1. The first-order chi connectivity index (χ1) is 8.54. The van der Waals surface area contributed by atoms with Crippen LogP contribution in [0.3, 0.4) is 0 Å². The fourth-order valence-corrected chi connectivity index (χ4v) is 3.80. The fraction of sp³-hybridized carbons (Fsp3) is 0.500. The van der Waals surface area contributed by atoms with Gasteiger partial charge in [0.05, 0.1) is 4.90 Å². The lowest BCUT2D eigenvalue weighted by Gasteiger charge is -2.16. The van der Waals surface area contributed by atoms with Gasteiger partial charge in [-0.1, -0.05) is 6.07 Å². The summed E-state index contributed by atoms with van der Waals surface area (Å²) < 4.78 is 26.0. The SMILES string of the molecule is O=S(=O)(c1cccc(O)c1)N1CCC(CCO)C1. The van der Waals surface area contributed by atoms with E-state index in [1.165, 1.54) is 28.6 Å². The third-order valence-corrected chi connectivity index (χ3v) is 5.10. The van der Waals surface area contributed by atoms with Crippen molar-refractivity contribution in [3.63, 3.8) is 0 Å². The Balaban J connectivity index is 2.18. The molecule has 0 aliphatic carbocycles. The van der Waals surface area contributed by atoms with Gasteiger partial charge in [0.1, 0.15) is 5.75 Å². The highest BCUT2D eigenvalue weighted by atomic mass is 32.2. The molecule has 2 N–H and O–H groups in total. The molecular weight excluding hydrogens is 254 g/mol. The van der Waals surface area contributed by atoms with Crippen molar-refractivity contribution < 1.29 is 18.6 Å². The molecule has 100 valence electrons. The molecule has 1 unspecified atom stereocenters. The van der Waals surface area contributed by atoms with Crippen molar-refractivity contribution in [3.05, 3.63) is 24.3 Å². The second kappa shape index (κ2) is 5.26. The van der Waals surface area contributed by atoms with Gasteiger partial charge < -0.3 is 10.2 Å². The summed E-state index contributed by atoms with van der Waals surface area (Å²) >= 11 is 0. The summed E-state index contributed by atoms with van der Waals surface area (Å²) in [4.78, 5) is 0.118. The molecule has 2 rings (SSSR count). The Labute approximate surface area is 107 Å². The number of nitrogens with zero attached hydrogens (tertiary/aromatic N) is 1. The first-order valence-electron chi connectivity index (χ1n) is 5.94. The Morgan fingerprint density at radius 2 is 2.17 bits per heavy atom. The van der Waals surface area contributed by atoms with Gasteiger partial charge in [-0.2, -0.15) is 4.31 Å². The van der Waals surface area contributed by atoms with Gasteiger partial charge in [0.2, 0.25) is 10.0 Å². The molecule has 6 heteroatoms. The first kappa shape index (κ1) is 13.3. The number of benzene rings is 1. The van der Waals surface area contributed by atoms with E-state index in [0.717, 1.165) is 6.42 Å². The van der Waals surface area contributed by atoms with E-state index >= 15 is 0 Å². The minimum Gasteiger partial charge on any atom is -0.508 e. The summed E-state index contributed by atoms with van der Waals surface area (Å²) in [5.41, 5.74) is 0. The normalized spacial score (nSPS) is 21.3. The third-order valence-electron chi connectivity index (χ3n) is 3.24. The lowest BCUT2D eigenvalue weighted by atomic mass is 10.1. The van der Waals surface area contributed by atoms with Crippen molar-refractivity contribution in [3.8, 4) is 5.75 Å². The van der Waals surface area contributed by atoms with Gasteiger partial charge in [-0.05, 0) is 37.0 Å². The van der Waals surface area contributed by atoms with Crippen LogP contribution >= 0.6 is 0 Å². The molecule has 0 radical (unpaired) electrons. The van der Waals surface area contributed by atoms with Crippen molar-refractivity contribution in [1.29, 1.82) is 0 Å². The molecule has 1 aromatic rings. The Kier molecular flexibility index (Phi) is 3.89. The Morgan fingerprint density at radius 1 is 1.39 bits per heavy atom. The Bertz CT molecular complexity index is 515. The first-order valence-corrected chi connectivity index (χ1v) is 7.38. The lowest BCUT2D eigenvalue weighted by Crippen LogP contribution is -2.29. The molecule has 0 aromatic heterocycles. The van der Waals surface area contributed by atoms with Crippen LogP contribution < -0.4 is 0 Å². The zero-order valence-corrected chi connectivity index (χ0v) is 10.8. The standard InChI is InChI=1S/C12H17NO4S/c14-7-5-10-4-6-13(9-10)18(16,17)12-3-1-2-11(15)8-12/h1-3,8,10,14-15H,4-7,9H2. The van der Waals surface area contributed by atoms with E-state index in [2.05, 4.69) is 0 Å². The van der Waals surface area contributed by atoms with E-state index in [0.29, 0.717) is 19.5 Å². The number of sulfonamides is 1. The van der Waals surface area contributed by atoms with E-state index in [-0.39, 0.29) is 23.2 Å². The van der Waals surface area contributed by atoms with E-state index in [1.807, 2.05) is 0 Å².